The van der Waals surface area contributed by atoms with Crippen LogP contribution < -0.4 is 5.32 Å². The van der Waals surface area contributed by atoms with E-state index in [0.29, 0.717) is 18.8 Å². The Labute approximate surface area is 108 Å². The molecule has 0 heterocycles. The number of rotatable bonds is 7. The first-order chi connectivity index (χ1) is 8.49. The van der Waals surface area contributed by atoms with Gasteiger partial charge in [-0.05, 0) is 24.3 Å². The van der Waals surface area contributed by atoms with Crippen LogP contribution in [0.4, 0.5) is 0 Å². The van der Waals surface area contributed by atoms with Gasteiger partial charge >= 0.3 is 5.97 Å². The van der Waals surface area contributed by atoms with Gasteiger partial charge in [-0.2, -0.15) is 0 Å². The minimum atomic E-state index is -0.943. The maximum absolute atomic E-state index is 11.2. The van der Waals surface area contributed by atoms with Crippen LogP contribution in [-0.2, 0) is 11.2 Å². The molecule has 18 heavy (non-hydrogen) atoms. The maximum Gasteiger partial charge on any atom is 0.321 e. The first-order valence-electron chi connectivity index (χ1n) is 6.20. The monoisotopic (exact) mass is 251 g/mol. The van der Waals surface area contributed by atoms with E-state index in [4.69, 9.17) is 5.11 Å². The highest BCUT2D eigenvalue weighted by Gasteiger charge is 2.21. The molecule has 3 N–H and O–H groups in total. The molecule has 2 atom stereocenters. The summed E-state index contributed by atoms with van der Waals surface area (Å²) in [6.45, 7) is 3.97. The lowest BCUT2D eigenvalue weighted by molar-refractivity contribution is -0.140. The summed E-state index contributed by atoms with van der Waals surface area (Å²) in [4.78, 5) is 11.2. The van der Waals surface area contributed by atoms with Crippen LogP contribution in [-0.4, -0.2) is 28.5 Å². The van der Waals surface area contributed by atoms with E-state index in [9.17, 15) is 9.90 Å². The second kappa shape index (κ2) is 7.13. The SMILES string of the molecule is CC(C)C[C@@H](O)N[C@@H](Cc1ccccc1)C(=O)O. The van der Waals surface area contributed by atoms with Crippen molar-refractivity contribution in [2.24, 2.45) is 5.92 Å². The molecule has 0 saturated carbocycles. The summed E-state index contributed by atoms with van der Waals surface area (Å²) in [7, 11) is 0. The largest absolute Gasteiger partial charge is 0.480 e. The van der Waals surface area contributed by atoms with Crippen LogP contribution in [0.2, 0.25) is 0 Å². The lowest BCUT2D eigenvalue weighted by atomic mass is 10.0. The van der Waals surface area contributed by atoms with E-state index in [1.54, 1.807) is 0 Å². The van der Waals surface area contributed by atoms with E-state index >= 15 is 0 Å². The highest BCUT2D eigenvalue weighted by molar-refractivity contribution is 5.73. The number of aliphatic hydroxyl groups excluding tert-OH is 1. The fourth-order valence-corrected chi connectivity index (χ4v) is 1.81. The lowest BCUT2D eigenvalue weighted by Crippen LogP contribution is -2.45. The maximum atomic E-state index is 11.2. The number of hydrogen-bond donors (Lipinski definition) is 3. The van der Waals surface area contributed by atoms with E-state index < -0.39 is 18.2 Å². The fourth-order valence-electron chi connectivity index (χ4n) is 1.81. The Kier molecular flexibility index (Phi) is 5.82. The molecule has 1 aromatic carbocycles. The highest BCUT2D eigenvalue weighted by Crippen LogP contribution is 2.07. The summed E-state index contributed by atoms with van der Waals surface area (Å²) in [6, 6.07) is 8.64. The Bertz CT molecular complexity index is 365. The van der Waals surface area contributed by atoms with Crippen LogP contribution in [0.1, 0.15) is 25.8 Å². The minimum Gasteiger partial charge on any atom is -0.480 e. The van der Waals surface area contributed by atoms with E-state index in [1.807, 2.05) is 44.2 Å². The fraction of sp³-hybridized carbons (Fsp3) is 0.500. The minimum absolute atomic E-state index is 0.318. The predicted octanol–water partition coefficient (Wildman–Crippen LogP) is 1.64. The van der Waals surface area contributed by atoms with Crippen molar-refractivity contribution in [2.45, 2.75) is 39.0 Å². The molecule has 0 aliphatic heterocycles. The summed E-state index contributed by atoms with van der Waals surface area (Å²) in [5.41, 5.74) is 0.939. The van der Waals surface area contributed by atoms with Gasteiger partial charge in [0.15, 0.2) is 0 Å². The number of carbonyl (C=O) groups is 1. The van der Waals surface area contributed by atoms with Gasteiger partial charge in [0.1, 0.15) is 12.3 Å². The van der Waals surface area contributed by atoms with Crippen molar-refractivity contribution >= 4 is 5.97 Å². The van der Waals surface area contributed by atoms with Gasteiger partial charge in [-0.15, -0.1) is 0 Å². The zero-order chi connectivity index (χ0) is 13.5. The van der Waals surface area contributed by atoms with E-state index in [0.717, 1.165) is 5.56 Å². The molecule has 0 aliphatic carbocycles. The summed E-state index contributed by atoms with van der Waals surface area (Å²) < 4.78 is 0. The third-order valence-corrected chi connectivity index (χ3v) is 2.67. The predicted molar refractivity (Wildman–Crippen MR) is 70.2 cm³/mol. The quantitative estimate of drug-likeness (QED) is 0.644. The Balaban J connectivity index is 2.58. The van der Waals surface area contributed by atoms with Crippen LogP contribution >= 0.6 is 0 Å². The summed E-state index contributed by atoms with van der Waals surface area (Å²) >= 11 is 0. The Morgan fingerprint density at radius 1 is 1.28 bits per heavy atom. The Morgan fingerprint density at radius 2 is 1.89 bits per heavy atom. The molecule has 0 saturated heterocycles. The third-order valence-electron chi connectivity index (χ3n) is 2.67. The van der Waals surface area contributed by atoms with E-state index in [1.165, 1.54) is 0 Å². The zero-order valence-corrected chi connectivity index (χ0v) is 10.8. The Morgan fingerprint density at radius 3 is 2.39 bits per heavy atom. The van der Waals surface area contributed by atoms with Crippen molar-refractivity contribution in [2.75, 3.05) is 0 Å². The number of aliphatic carboxylic acids is 1. The summed E-state index contributed by atoms with van der Waals surface area (Å²) in [5, 5.41) is 21.6. The van der Waals surface area contributed by atoms with Crippen molar-refractivity contribution in [1.29, 1.82) is 0 Å². The van der Waals surface area contributed by atoms with Gasteiger partial charge in [-0.3, -0.25) is 10.1 Å². The molecule has 4 heteroatoms. The molecule has 4 nitrogen and oxygen atoms in total. The second-order valence-corrected chi connectivity index (χ2v) is 4.89. The van der Waals surface area contributed by atoms with Crippen LogP contribution in [0.25, 0.3) is 0 Å². The van der Waals surface area contributed by atoms with Crippen molar-refractivity contribution in [3.63, 3.8) is 0 Å². The van der Waals surface area contributed by atoms with Crippen molar-refractivity contribution in [3.05, 3.63) is 35.9 Å². The average molecular weight is 251 g/mol. The molecule has 0 amide bonds. The van der Waals surface area contributed by atoms with Crippen LogP contribution in [0, 0.1) is 5.92 Å². The first-order valence-corrected chi connectivity index (χ1v) is 6.20. The molecule has 0 fully saturated rings. The van der Waals surface area contributed by atoms with Crippen LogP contribution in [0.5, 0.6) is 0 Å². The molecule has 0 radical (unpaired) electrons. The van der Waals surface area contributed by atoms with Crippen LogP contribution in [0.15, 0.2) is 30.3 Å². The number of nitrogens with one attached hydrogen (secondary N) is 1. The molecular formula is C14H21NO3. The van der Waals surface area contributed by atoms with Gasteiger partial charge in [0.25, 0.3) is 0 Å². The number of benzene rings is 1. The lowest BCUT2D eigenvalue weighted by Gasteiger charge is -2.20. The van der Waals surface area contributed by atoms with Crippen molar-refractivity contribution in [1.82, 2.24) is 5.32 Å². The second-order valence-electron chi connectivity index (χ2n) is 4.89. The van der Waals surface area contributed by atoms with Crippen molar-refractivity contribution < 1.29 is 15.0 Å². The normalized spacial score (nSPS) is 14.4. The third kappa shape index (κ3) is 5.29. The molecule has 1 rings (SSSR count). The molecule has 0 spiro atoms. The van der Waals surface area contributed by atoms with Gasteiger partial charge in [0.05, 0.1) is 0 Å². The van der Waals surface area contributed by atoms with Crippen LogP contribution in [0.3, 0.4) is 0 Å². The van der Waals surface area contributed by atoms with E-state index in [-0.39, 0.29) is 0 Å². The standard InChI is InChI=1S/C14H21NO3/c1-10(2)8-13(16)15-12(14(17)18)9-11-6-4-3-5-7-11/h3-7,10,12-13,15-16H,8-9H2,1-2H3,(H,17,18)/t12-,13+/m0/s1. The number of carboxylic acid groups (broad SMARTS) is 1. The number of carboxylic acids is 1. The molecule has 0 unspecified atom stereocenters. The molecule has 0 aromatic heterocycles. The van der Waals surface area contributed by atoms with Gasteiger partial charge in [0.2, 0.25) is 0 Å². The van der Waals surface area contributed by atoms with Crippen molar-refractivity contribution in [3.8, 4) is 0 Å². The summed E-state index contributed by atoms with van der Waals surface area (Å²) in [6.07, 6.45) is 0.124. The highest BCUT2D eigenvalue weighted by atomic mass is 16.4. The topological polar surface area (TPSA) is 69.6 Å². The smallest absolute Gasteiger partial charge is 0.321 e. The molecule has 0 bridgehead atoms. The number of hydrogen-bond acceptors (Lipinski definition) is 3. The van der Waals surface area contributed by atoms with Gasteiger partial charge in [-0.1, -0.05) is 44.2 Å². The van der Waals surface area contributed by atoms with Gasteiger partial charge in [0, 0.05) is 0 Å². The zero-order valence-electron chi connectivity index (χ0n) is 10.8. The molecular weight excluding hydrogens is 230 g/mol. The van der Waals surface area contributed by atoms with Gasteiger partial charge in [-0.25, -0.2) is 0 Å². The van der Waals surface area contributed by atoms with E-state index in [2.05, 4.69) is 5.32 Å². The molecule has 1 aromatic rings. The first kappa shape index (κ1) is 14.7. The summed E-state index contributed by atoms with van der Waals surface area (Å²) in [5.74, 6) is -0.625. The molecule has 0 aliphatic rings. The average Bonchev–Trinajstić information content (AvgIpc) is 2.28. The molecule has 100 valence electrons. The number of aliphatic hydroxyl groups is 1. The van der Waals surface area contributed by atoms with Gasteiger partial charge < -0.3 is 10.2 Å². The Hall–Kier alpha value is -1.39.